The summed E-state index contributed by atoms with van der Waals surface area (Å²) in [6.07, 6.45) is 5.92. The van der Waals surface area contributed by atoms with Crippen molar-refractivity contribution in [2.75, 3.05) is 19.7 Å². The lowest BCUT2D eigenvalue weighted by Crippen LogP contribution is -2.29. The second-order valence-electron chi connectivity index (χ2n) is 5.86. The molecule has 3 fully saturated rings. The summed E-state index contributed by atoms with van der Waals surface area (Å²) in [6.45, 7) is 3.08. The van der Waals surface area contributed by atoms with Gasteiger partial charge in [-0.15, -0.1) is 12.4 Å². The van der Waals surface area contributed by atoms with Crippen molar-refractivity contribution < 1.29 is 9.26 Å². The van der Waals surface area contributed by atoms with Crippen LogP contribution in [0.3, 0.4) is 0 Å². The molecule has 0 bridgehead atoms. The third-order valence-corrected chi connectivity index (χ3v) is 4.76. The smallest absolute Gasteiger partial charge is 0.230 e. The van der Waals surface area contributed by atoms with E-state index in [-0.39, 0.29) is 18.5 Å². The first-order chi connectivity index (χ1) is 8.87. The molecule has 1 aromatic heterocycles. The van der Waals surface area contributed by atoms with Crippen LogP contribution in [0.25, 0.3) is 0 Å². The van der Waals surface area contributed by atoms with Crippen LogP contribution in [0.4, 0.5) is 0 Å². The van der Waals surface area contributed by atoms with E-state index < -0.39 is 0 Å². The van der Waals surface area contributed by atoms with E-state index in [1.165, 1.54) is 19.3 Å². The topological polar surface area (TPSA) is 60.2 Å². The zero-order valence-electron chi connectivity index (χ0n) is 10.9. The average Bonchev–Trinajstić information content (AvgIpc) is 2.86. The Hall–Kier alpha value is -0.650. The van der Waals surface area contributed by atoms with E-state index in [0.29, 0.717) is 11.3 Å². The van der Waals surface area contributed by atoms with Gasteiger partial charge in [-0.1, -0.05) is 5.16 Å². The second-order valence-corrected chi connectivity index (χ2v) is 5.86. The summed E-state index contributed by atoms with van der Waals surface area (Å²) in [5, 5.41) is 7.53. The molecule has 0 amide bonds. The van der Waals surface area contributed by atoms with Crippen LogP contribution in [0.1, 0.15) is 55.8 Å². The maximum atomic E-state index is 5.59. The minimum absolute atomic E-state index is 0. The van der Waals surface area contributed by atoms with Gasteiger partial charge in [-0.05, 0) is 50.6 Å². The van der Waals surface area contributed by atoms with Crippen molar-refractivity contribution in [1.82, 2.24) is 15.5 Å². The Labute approximate surface area is 118 Å². The molecule has 1 N–H and O–H groups in total. The standard InChI is InChI=1S/C13H19N3O2.ClH/c1-2-10(17-7-1)11-15-12(18-16-11)9-8-13(9)3-5-14-6-4-13;/h9-10,14H,1-8H2;1H. The van der Waals surface area contributed by atoms with Crippen molar-refractivity contribution in [2.24, 2.45) is 5.41 Å². The van der Waals surface area contributed by atoms with Crippen molar-refractivity contribution in [1.29, 1.82) is 0 Å². The van der Waals surface area contributed by atoms with Gasteiger partial charge < -0.3 is 14.6 Å². The van der Waals surface area contributed by atoms with Crippen LogP contribution < -0.4 is 5.32 Å². The lowest BCUT2D eigenvalue weighted by Gasteiger charge is -2.22. The maximum Gasteiger partial charge on any atom is 0.230 e. The minimum atomic E-state index is 0. The van der Waals surface area contributed by atoms with Crippen LogP contribution in [-0.4, -0.2) is 29.8 Å². The molecule has 2 atom stereocenters. The maximum absolute atomic E-state index is 5.59. The first-order valence-corrected chi connectivity index (χ1v) is 7.03. The number of piperidine rings is 1. The fourth-order valence-corrected chi connectivity index (χ4v) is 3.47. The Kier molecular flexibility index (Phi) is 3.53. The van der Waals surface area contributed by atoms with E-state index in [1.807, 2.05) is 0 Å². The van der Waals surface area contributed by atoms with Crippen LogP contribution in [0.5, 0.6) is 0 Å². The van der Waals surface area contributed by atoms with Crippen molar-refractivity contribution in [3.05, 3.63) is 11.7 Å². The second kappa shape index (κ2) is 5.04. The Morgan fingerprint density at radius 3 is 2.84 bits per heavy atom. The molecule has 3 aliphatic rings. The number of nitrogens with zero attached hydrogens (tertiary/aromatic N) is 2. The molecule has 3 heterocycles. The molecule has 2 saturated heterocycles. The zero-order chi connectivity index (χ0) is 12.0. The summed E-state index contributed by atoms with van der Waals surface area (Å²) in [7, 11) is 0. The lowest BCUT2D eigenvalue weighted by molar-refractivity contribution is 0.103. The van der Waals surface area contributed by atoms with Crippen LogP contribution in [-0.2, 0) is 4.74 Å². The van der Waals surface area contributed by atoms with E-state index in [0.717, 1.165) is 44.3 Å². The van der Waals surface area contributed by atoms with E-state index in [1.54, 1.807) is 0 Å². The van der Waals surface area contributed by atoms with Gasteiger partial charge in [-0.3, -0.25) is 0 Å². The minimum Gasteiger partial charge on any atom is -0.370 e. The number of nitrogens with one attached hydrogen (secondary N) is 1. The molecule has 1 aromatic rings. The van der Waals surface area contributed by atoms with Gasteiger partial charge in [0.25, 0.3) is 0 Å². The molecule has 1 spiro atoms. The van der Waals surface area contributed by atoms with Gasteiger partial charge in [0.1, 0.15) is 6.10 Å². The van der Waals surface area contributed by atoms with Gasteiger partial charge in [0.05, 0.1) is 0 Å². The van der Waals surface area contributed by atoms with Gasteiger partial charge in [-0.25, -0.2) is 0 Å². The number of hydrogen-bond acceptors (Lipinski definition) is 5. The number of hydrogen-bond donors (Lipinski definition) is 1. The number of ether oxygens (including phenoxy) is 1. The van der Waals surface area contributed by atoms with Crippen LogP contribution in [0.2, 0.25) is 0 Å². The molecule has 1 saturated carbocycles. The molecular weight excluding hydrogens is 266 g/mol. The van der Waals surface area contributed by atoms with E-state index in [2.05, 4.69) is 15.5 Å². The molecule has 5 nitrogen and oxygen atoms in total. The summed E-state index contributed by atoms with van der Waals surface area (Å²) in [5.74, 6) is 2.11. The third kappa shape index (κ3) is 2.28. The Balaban J connectivity index is 0.00000110. The molecule has 2 aliphatic heterocycles. The molecule has 19 heavy (non-hydrogen) atoms. The molecule has 106 valence electrons. The molecular formula is C13H20ClN3O2. The van der Waals surface area contributed by atoms with Crippen molar-refractivity contribution in [3.8, 4) is 0 Å². The van der Waals surface area contributed by atoms with Gasteiger partial charge >= 0.3 is 0 Å². The number of aromatic nitrogens is 2. The first-order valence-electron chi connectivity index (χ1n) is 7.03. The van der Waals surface area contributed by atoms with Crippen molar-refractivity contribution in [2.45, 2.75) is 44.1 Å². The van der Waals surface area contributed by atoms with Crippen LogP contribution >= 0.6 is 12.4 Å². The summed E-state index contributed by atoms with van der Waals surface area (Å²) >= 11 is 0. The molecule has 6 heteroatoms. The van der Waals surface area contributed by atoms with E-state index in [4.69, 9.17) is 9.26 Å². The predicted molar refractivity (Wildman–Crippen MR) is 71.4 cm³/mol. The first kappa shape index (κ1) is 13.3. The van der Waals surface area contributed by atoms with Crippen LogP contribution in [0, 0.1) is 5.41 Å². The monoisotopic (exact) mass is 285 g/mol. The normalized spacial score (nSPS) is 32.2. The Bertz CT molecular complexity index is 439. The molecule has 2 unspecified atom stereocenters. The van der Waals surface area contributed by atoms with Crippen molar-refractivity contribution in [3.63, 3.8) is 0 Å². The van der Waals surface area contributed by atoms with Crippen molar-refractivity contribution >= 4 is 12.4 Å². The summed E-state index contributed by atoms with van der Waals surface area (Å²) in [6, 6.07) is 0. The van der Waals surface area contributed by atoms with Gasteiger partial charge in [0.15, 0.2) is 0 Å². The zero-order valence-corrected chi connectivity index (χ0v) is 11.7. The molecule has 1 aliphatic carbocycles. The van der Waals surface area contributed by atoms with Gasteiger partial charge in [-0.2, -0.15) is 4.98 Å². The van der Waals surface area contributed by atoms with Crippen LogP contribution in [0.15, 0.2) is 4.52 Å². The Morgan fingerprint density at radius 1 is 1.26 bits per heavy atom. The summed E-state index contributed by atoms with van der Waals surface area (Å²) in [4.78, 5) is 4.58. The quantitative estimate of drug-likeness (QED) is 0.903. The average molecular weight is 286 g/mol. The largest absolute Gasteiger partial charge is 0.370 e. The number of rotatable bonds is 2. The fourth-order valence-electron chi connectivity index (χ4n) is 3.47. The molecule has 0 aromatic carbocycles. The summed E-state index contributed by atoms with van der Waals surface area (Å²) < 4.78 is 11.1. The van der Waals surface area contributed by atoms with E-state index in [9.17, 15) is 0 Å². The highest BCUT2D eigenvalue weighted by atomic mass is 35.5. The SMILES string of the molecule is C1COC(c2noc(C3CC34CCNCC4)n2)C1.Cl. The highest BCUT2D eigenvalue weighted by Crippen LogP contribution is 2.63. The Morgan fingerprint density at radius 2 is 2.11 bits per heavy atom. The molecule has 0 radical (unpaired) electrons. The molecule has 4 rings (SSSR count). The predicted octanol–water partition coefficient (Wildman–Crippen LogP) is 2.20. The van der Waals surface area contributed by atoms with Gasteiger partial charge in [0.2, 0.25) is 11.7 Å². The highest BCUT2D eigenvalue weighted by molar-refractivity contribution is 5.85. The lowest BCUT2D eigenvalue weighted by atomic mass is 9.92. The fraction of sp³-hybridized carbons (Fsp3) is 0.846. The van der Waals surface area contributed by atoms with Gasteiger partial charge in [0, 0.05) is 12.5 Å². The third-order valence-electron chi connectivity index (χ3n) is 4.76. The highest BCUT2D eigenvalue weighted by Gasteiger charge is 2.57. The van der Waals surface area contributed by atoms with E-state index >= 15 is 0 Å². The summed E-state index contributed by atoms with van der Waals surface area (Å²) in [5.41, 5.74) is 0.464. The number of halogens is 1.